The Bertz CT molecular complexity index is 615. The molecule has 0 atom stereocenters. The maximum Gasteiger partial charge on any atom is 0.311 e. The second-order valence-corrected chi connectivity index (χ2v) is 6.24. The monoisotopic (exact) mass is 387 g/mol. The van der Waals surface area contributed by atoms with Gasteiger partial charge in [0, 0.05) is 30.7 Å². The maximum absolute atomic E-state index is 12.4. The molecule has 1 aliphatic heterocycles. The largest absolute Gasteiger partial charge is 0.487 e. The molecule has 146 valence electrons. The molecule has 1 aromatic rings. The summed E-state index contributed by atoms with van der Waals surface area (Å²) in [5.74, 6) is -0.168. The van der Waals surface area contributed by atoms with Gasteiger partial charge in [0.05, 0.1) is 18.1 Å². The fraction of sp³-hybridized carbons (Fsp3) is 0.588. The van der Waals surface area contributed by atoms with Gasteiger partial charge in [0.15, 0.2) is 5.75 Å². The topological polar surface area (TPSA) is 103 Å². The number of rotatable bonds is 8. The Hall–Kier alpha value is -1.90. The molecule has 0 saturated carbocycles. The molecule has 9 heteroatoms. The quantitative estimate of drug-likeness (QED) is 0.523. The van der Waals surface area contributed by atoms with Crippen molar-refractivity contribution < 1.29 is 19.2 Å². The predicted molar refractivity (Wildman–Crippen MR) is 100 cm³/mol. The minimum absolute atomic E-state index is 0. The fourth-order valence-corrected chi connectivity index (χ4v) is 3.08. The van der Waals surface area contributed by atoms with E-state index in [9.17, 15) is 14.9 Å². The average molecular weight is 388 g/mol. The van der Waals surface area contributed by atoms with Gasteiger partial charge in [-0.25, -0.2) is 0 Å². The first-order valence-corrected chi connectivity index (χ1v) is 8.40. The number of benzene rings is 1. The summed E-state index contributed by atoms with van der Waals surface area (Å²) in [6.45, 7) is 4.88. The van der Waals surface area contributed by atoms with Crippen molar-refractivity contribution in [3.63, 3.8) is 0 Å². The molecule has 0 aromatic heterocycles. The first-order valence-electron chi connectivity index (χ1n) is 8.40. The molecular weight excluding hydrogens is 362 g/mol. The number of hydrogen-bond acceptors (Lipinski definition) is 6. The highest BCUT2D eigenvalue weighted by Gasteiger charge is 2.32. The fourth-order valence-electron chi connectivity index (χ4n) is 3.08. The zero-order valence-corrected chi connectivity index (χ0v) is 15.9. The van der Waals surface area contributed by atoms with Crippen molar-refractivity contribution in [1.29, 1.82) is 0 Å². The Labute approximate surface area is 159 Å². The van der Waals surface area contributed by atoms with Crippen LogP contribution in [0, 0.1) is 15.5 Å². The third kappa shape index (κ3) is 5.55. The number of carbonyl (C=O) groups excluding carboxylic acids is 1. The molecule has 2 rings (SSSR count). The third-order valence-corrected chi connectivity index (χ3v) is 4.46. The highest BCUT2D eigenvalue weighted by atomic mass is 35.5. The normalized spacial score (nSPS) is 15.6. The molecule has 2 N–H and O–H groups in total. The van der Waals surface area contributed by atoms with Gasteiger partial charge in [-0.2, -0.15) is 0 Å². The van der Waals surface area contributed by atoms with Crippen LogP contribution in [0.25, 0.3) is 0 Å². The first kappa shape index (κ1) is 22.1. The molecule has 0 spiro atoms. The van der Waals surface area contributed by atoms with E-state index in [0.717, 1.165) is 25.9 Å². The van der Waals surface area contributed by atoms with Crippen LogP contribution in [0.4, 0.5) is 5.69 Å². The summed E-state index contributed by atoms with van der Waals surface area (Å²) in [4.78, 5) is 23.1. The maximum atomic E-state index is 12.4. The van der Waals surface area contributed by atoms with Gasteiger partial charge in [-0.1, -0.05) is 0 Å². The number of nitro groups is 1. The smallest absolute Gasteiger partial charge is 0.311 e. The first-order chi connectivity index (χ1) is 12.0. The van der Waals surface area contributed by atoms with E-state index in [1.54, 1.807) is 20.1 Å². The number of piperidine rings is 1. The van der Waals surface area contributed by atoms with Crippen molar-refractivity contribution in [2.75, 3.05) is 40.0 Å². The standard InChI is InChI=1S/C17H25N3O5.ClH/c1-3-25-15-5-4-13(10-14(15)20(22)23)16(21)19-11-17(12-24-2)6-8-18-9-7-17;/h4-5,10,18H,3,6-9,11-12H2,1-2H3,(H,19,21);1H. The van der Waals surface area contributed by atoms with Gasteiger partial charge in [-0.3, -0.25) is 14.9 Å². The Kier molecular flexibility index (Phi) is 8.77. The minimum atomic E-state index is -0.541. The van der Waals surface area contributed by atoms with Crippen molar-refractivity contribution in [1.82, 2.24) is 10.6 Å². The molecular formula is C17H26ClN3O5. The second kappa shape index (κ2) is 10.3. The highest BCUT2D eigenvalue weighted by Crippen LogP contribution is 2.30. The molecule has 1 aromatic carbocycles. The van der Waals surface area contributed by atoms with Crippen molar-refractivity contribution in [2.24, 2.45) is 5.41 Å². The van der Waals surface area contributed by atoms with E-state index in [0.29, 0.717) is 19.8 Å². The Morgan fingerprint density at radius 3 is 2.65 bits per heavy atom. The number of hydrogen-bond donors (Lipinski definition) is 2. The molecule has 1 aliphatic rings. The predicted octanol–water partition coefficient (Wildman–Crippen LogP) is 2.16. The summed E-state index contributed by atoms with van der Waals surface area (Å²) in [6.07, 6.45) is 1.81. The third-order valence-electron chi connectivity index (χ3n) is 4.46. The van der Waals surface area contributed by atoms with Crippen LogP contribution in [0.3, 0.4) is 0 Å². The van der Waals surface area contributed by atoms with Gasteiger partial charge in [-0.05, 0) is 45.0 Å². The Morgan fingerprint density at radius 1 is 1.38 bits per heavy atom. The molecule has 1 fully saturated rings. The Morgan fingerprint density at radius 2 is 2.08 bits per heavy atom. The molecule has 8 nitrogen and oxygen atoms in total. The number of nitrogens with one attached hydrogen (secondary N) is 2. The number of halogens is 1. The molecule has 1 heterocycles. The van der Waals surface area contributed by atoms with Crippen LogP contribution in [0.2, 0.25) is 0 Å². The van der Waals surface area contributed by atoms with Crippen molar-refractivity contribution in [3.8, 4) is 5.75 Å². The molecule has 0 aliphatic carbocycles. The number of carbonyl (C=O) groups is 1. The lowest BCUT2D eigenvalue weighted by Gasteiger charge is -2.37. The zero-order chi connectivity index (χ0) is 18.3. The number of nitro benzene ring substituents is 1. The lowest BCUT2D eigenvalue weighted by atomic mass is 9.79. The van der Waals surface area contributed by atoms with Crippen molar-refractivity contribution >= 4 is 24.0 Å². The van der Waals surface area contributed by atoms with E-state index in [1.807, 2.05) is 0 Å². The minimum Gasteiger partial charge on any atom is -0.487 e. The number of nitrogens with zero attached hydrogens (tertiary/aromatic N) is 1. The van der Waals surface area contributed by atoms with Gasteiger partial charge in [0.25, 0.3) is 5.91 Å². The van der Waals surface area contributed by atoms with E-state index in [-0.39, 0.29) is 40.7 Å². The van der Waals surface area contributed by atoms with Gasteiger partial charge >= 0.3 is 5.69 Å². The lowest BCUT2D eigenvalue weighted by molar-refractivity contribution is -0.385. The number of methoxy groups -OCH3 is 1. The van der Waals surface area contributed by atoms with Gasteiger partial charge in [-0.15, -0.1) is 12.4 Å². The van der Waals surface area contributed by atoms with Crippen LogP contribution < -0.4 is 15.4 Å². The van der Waals surface area contributed by atoms with Crippen molar-refractivity contribution in [2.45, 2.75) is 19.8 Å². The van der Waals surface area contributed by atoms with E-state index in [1.165, 1.54) is 12.1 Å². The van der Waals surface area contributed by atoms with Crippen LogP contribution in [0.5, 0.6) is 5.75 Å². The zero-order valence-electron chi connectivity index (χ0n) is 15.1. The van der Waals surface area contributed by atoms with E-state index in [2.05, 4.69) is 10.6 Å². The Balaban J connectivity index is 0.00000338. The van der Waals surface area contributed by atoms with Crippen LogP contribution in [0.15, 0.2) is 18.2 Å². The van der Waals surface area contributed by atoms with E-state index < -0.39 is 4.92 Å². The summed E-state index contributed by atoms with van der Waals surface area (Å²) < 4.78 is 10.6. The van der Waals surface area contributed by atoms with Crippen molar-refractivity contribution in [3.05, 3.63) is 33.9 Å². The van der Waals surface area contributed by atoms with Gasteiger partial charge in [0.2, 0.25) is 0 Å². The highest BCUT2D eigenvalue weighted by molar-refractivity contribution is 5.95. The van der Waals surface area contributed by atoms with Crippen LogP contribution in [-0.4, -0.2) is 50.8 Å². The second-order valence-electron chi connectivity index (χ2n) is 6.24. The summed E-state index contributed by atoms with van der Waals surface area (Å²) in [6, 6.07) is 4.26. The van der Waals surface area contributed by atoms with Crippen LogP contribution in [-0.2, 0) is 4.74 Å². The lowest BCUT2D eigenvalue weighted by Crippen LogP contribution is -2.47. The van der Waals surface area contributed by atoms with E-state index in [4.69, 9.17) is 9.47 Å². The molecule has 0 radical (unpaired) electrons. The molecule has 1 saturated heterocycles. The van der Waals surface area contributed by atoms with Gasteiger partial charge in [0.1, 0.15) is 0 Å². The molecule has 1 amide bonds. The summed E-state index contributed by atoms with van der Waals surface area (Å²) in [7, 11) is 1.65. The molecule has 0 unspecified atom stereocenters. The summed E-state index contributed by atoms with van der Waals surface area (Å²) in [5, 5.41) is 17.4. The van der Waals surface area contributed by atoms with Gasteiger partial charge < -0.3 is 20.1 Å². The SMILES string of the molecule is CCOc1ccc(C(=O)NCC2(COC)CCNCC2)cc1[N+](=O)[O-].Cl. The number of ether oxygens (including phenoxy) is 2. The van der Waals surface area contributed by atoms with Crippen LogP contribution >= 0.6 is 12.4 Å². The summed E-state index contributed by atoms with van der Waals surface area (Å²) >= 11 is 0. The van der Waals surface area contributed by atoms with Crippen LogP contribution in [0.1, 0.15) is 30.1 Å². The summed E-state index contributed by atoms with van der Waals surface area (Å²) in [5.41, 5.74) is -0.0630. The van der Waals surface area contributed by atoms with E-state index >= 15 is 0 Å². The molecule has 0 bridgehead atoms. The molecule has 26 heavy (non-hydrogen) atoms. The number of amides is 1. The average Bonchev–Trinajstić information content (AvgIpc) is 2.61.